The average molecular weight is 380 g/mol. The highest BCUT2D eigenvalue weighted by Crippen LogP contribution is 2.21. The standard InChI is InChI=1S/C17H18ClN3O3S/c18-13-8-9-16(19-11-13)20-17(22)12-4-3-7-15(10-12)25(23,24)21-14-5-1-2-6-14/h3-4,7-11,14,21H,1-2,5-6H2,(H,19,20,22). The molecule has 1 aliphatic carbocycles. The summed E-state index contributed by atoms with van der Waals surface area (Å²) in [6.45, 7) is 0. The molecule has 0 bridgehead atoms. The molecule has 1 aromatic carbocycles. The van der Waals surface area contributed by atoms with Gasteiger partial charge in [0.2, 0.25) is 10.0 Å². The van der Waals surface area contributed by atoms with Crippen molar-refractivity contribution in [3.63, 3.8) is 0 Å². The molecule has 3 rings (SSSR count). The molecule has 1 fully saturated rings. The van der Waals surface area contributed by atoms with E-state index < -0.39 is 15.9 Å². The summed E-state index contributed by atoms with van der Waals surface area (Å²) < 4.78 is 27.7. The van der Waals surface area contributed by atoms with Crippen molar-refractivity contribution in [3.05, 3.63) is 53.2 Å². The first-order valence-corrected chi connectivity index (χ1v) is 9.85. The number of carbonyl (C=O) groups is 1. The van der Waals surface area contributed by atoms with Gasteiger partial charge in [0.15, 0.2) is 0 Å². The van der Waals surface area contributed by atoms with Gasteiger partial charge in [-0.05, 0) is 43.2 Å². The minimum Gasteiger partial charge on any atom is -0.307 e. The number of aromatic nitrogens is 1. The van der Waals surface area contributed by atoms with Crippen LogP contribution in [-0.4, -0.2) is 25.4 Å². The first-order valence-electron chi connectivity index (χ1n) is 7.99. The smallest absolute Gasteiger partial charge is 0.256 e. The number of pyridine rings is 1. The summed E-state index contributed by atoms with van der Waals surface area (Å²) in [4.78, 5) is 16.4. The molecule has 0 saturated heterocycles. The van der Waals surface area contributed by atoms with E-state index in [0.717, 1.165) is 25.7 Å². The van der Waals surface area contributed by atoms with Gasteiger partial charge >= 0.3 is 0 Å². The molecular weight excluding hydrogens is 362 g/mol. The van der Waals surface area contributed by atoms with Gasteiger partial charge in [-0.15, -0.1) is 0 Å². The van der Waals surface area contributed by atoms with Gasteiger partial charge in [0.1, 0.15) is 5.82 Å². The van der Waals surface area contributed by atoms with E-state index in [1.165, 1.54) is 18.3 Å². The molecule has 0 spiro atoms. The van der Waals surface area contributed by atoms with Crippen molar-refractivity contribution in [2.45, 2.75) is 36.6 Å². The Balaban J connectivity index is 1.76. The summed E-state index contributed by atoms with van der Waals surface area (Å²) in [5.74, 6) is -0.0977. The van der Waals surface area contributed by atoms with Crippen molar-refractivity contribution in [3.8, 4) is 0 Å². The maximum atomic E-state index is 12.5. The number of benzene rings is 1. The van der Waals surface area contributed by atoms with Gasteiger partial charge in [-0.3, -0.25) is 4.79 Å². The Bertz CT molecular complexity index is 863. The lowest BCUT2D eigenvalue weighted by Gasteiger charge is -2.13. The van der Waals surface area contributed by atoms with Gasteiger partial charge < -0.3 is 5.32 Å². The van der Waals surface area contributed by atoms with E-state index in [1.807, 2.05) is 0 Å². The normalized spacial score (nSPS) is 15.2. The fourth-order valence-corrected chi connectivity index (χ4v) is 4.24. The van der Waals surface area contributed by atoms with Crippen LogP contribution in [0.2, 0.25) is 5.02 Å². The number of carbonyl (C=O) groups excluding carboxylic acids is 1. The van der Waals surface area contributed by atoms with Crippen molar-refractivity contribution in [2.75, 3.05) is 5.32 Å². The molecule has 0 atom stereocenters. The van der Waals surface area contributed by atoms with Gasteiger partial charge in [-0.2, -0.15) is 0 Å². The second kappa shape index (κ2) is 7.51. The van der Waals surface area contributed by atoms with Gasteiger partial charge in [0.25, 0.3) is 5.91 Å². The van der Waals surface area contributed by atoms with Crippen LogP contribution in [0.1, 0.15) is 36.0 Å². The SMILES string of the molecule is O=C(Nc1ccc(Cl)cn1)c1cccc(S(=O)(=O)NC2CCCC2)c1. The fourth-order valence-electron chi connectivity index (χ4n) is 2.77. The van der Waals surface area contributed by atoms with Crippen molar-refractivity contribution >= 4 is 33.3 Å². The minimum atomic E-state index is -3.64. The third-order valence-corrected chi connectivity index (χ3v) is 5.79. The number of sulfonamides is 1. The molecule has 1 aromatic heterocycles. The Labute approximate surface area is 151 Å². The summed E-state index contributed by atoms with van der Waals surface area (Å²) in [5.41, 5.74) is 0.242. The number of nitrogens with one attached hydrogen (secondary N) is 2. The molecule has 0 aliphatic heterocycles. The van der Waals surface area contributed by atoms with E-state index in [4.69, 9.17) is 11.6 Å². The van der Waals surface area contributed by atoms with Crippen LogP contribution in [0.4, 0.5) is 5.82 Å². The lowest BCUT2D eigenvalue weighted by atomic mass is 10.2. The number of hydrogen-bond acceptors (Lipinski definition) is 4. The van der Waals surface area contributed by atoms with Gasteiger partial charge in [-0.25, -0.2) is 18.1 Å². The molecule has 1 heterocycles. The monoisotopic (exact) mass is 379 g/mol. The number of hydrogen-bond donors (Lipinski definition) is 2. The molecule has 1 saturated carbocycles. The Morgan fingerprint density at radius 3 is 2.60 bits per heavy atom. The van der Waals surface area contributed by atoms with E-state index >= 15 is 0 Å². The van der Waals surface area contributed by atoms with E-state index in [0.29, 0.717) is 10.8 Å². The summed E-state index contributed by atoms with van der Waals surface area (Å²) >= 11 is 5.76. The van der Waals surface area contributed by atoms with Crippen LogP contribution in [-0.2, 0) is 10.0 Å². The van der Waals surface area contributed by atoms with Crippen molar-refractivity contribution in [2.24, 2.45) is 0 Å². The van der Waals surface area contributed by atoms with Crippen LogP contribution in [0.25, 0.3) is 0 Å². The second-order valence-corrected chi connectivity index (χ2v) is 8.10. The lowest BCUT2D eigenvalue weighted by Crippen LogP contribution is -2.32. The summed E-state index contributed by atoms with van der Waals surface area (Å²) in [6.07, 6.45) is 5.18. The topological polar surface area (TPSA) is 88.2 Å². The zero-order valence-corrected chi connectivity index (χ0v) is 15.0. The number of halogens is 1. The fraction of sp³-hybridized carbons (Fsp3) is 0.294. The van der Waals surface area contributed by atoms with E-state index in [9.17, 15) is 13.2 Å². The third-order valence-electron chi connectivity index (χ3n) is 4.05. The van der Waals surface area contributed by atoms with Crippen LogP contribution in [0, 0.1) is 0 Å². The molecule has 6 nitrogen and oxygen atoms in total. The first-order chi connectivity index (χ1) is 11.9. The largest absolute Gasteiger partial charge is 0.307 e. The molecule has 1 amide bonds. The molecule has 0 radical (unpaired) electrons. The zero-order valence-electron chi connectivity index (χ0n) is 13.4. The molecule has 2 aromatic rings. The zero-order chi connectivity index (χ0) is 17.9. The number of rotatable bonds is 5. The molecule has 25 heavy (non-hydrogen) atoms. The van der Waals surface area contributed by atoms with Gasteiger partial charge in [-0.1, -0.05) is 30.5 Å². The van der Waals surface area contributed by atoms with E-state index in [1.54, 1.807) is 24.3 Å². The Morgan fingerprint density at radius 1 is 1.16 bits per heavy atom. The number of amides is 1. The number of nitrogens with zero attached hydrogens (tertiary/aromatic N) is 1. The average Bonchev–Trinajstić information content (AvgIpc) is 3.09. The summed E-state index contributed by atoms with van der Waals surface area (Å²) in [6, 6.07) is 9.10. The molecule has 0 unspecified atom stereocenters. The van der Waals surface area contributed by atoms with E-state index in [2.05, 4.69) is 15.0 Å². The van der Waals surface area contributed by atoms with Gasteiger partial charge in [0.05, 0.1) is 9.92 Å². The highest BCUT2D eigenvalue weighted by Gasteiger charge is 2.23. The van der Waals surface area contributed by atoms with Crippen molar-refractivity contribution < 1.29 is 13.2 Å². The highest BCUT2D eigenvalue weighted by atomic mass is 35.5. The molecule has 2 N–H and O–H groups in total. The maximum Gasteiger partial charge on any atom is 0.256 e. The maximum absolute atomic E-state index is 12.5. The predicted octanol–water partition coefficient (Wildman–Crippen LogP) is 3.21. The first kappa shape index (κ1) is 17.8. The molecular formula is C17H18ClN3O3S. The van der Waals surface area contributed by atoms with Crippen LogP contribution < -0.4 is 10.0 Å². The molecule has 132 valence electrons. The van der Waals surface area contributed by atoms with Crippen LogP contribution in [0.3, 0.4) is 0 Å². The highest BCUT2D eigenvalue weighted by molar-refractivity contribution is 7.89. The Morgan fingerprint density at radius 2 is 1.92 bits per heavy atom. The second-order valence-electron chi connectivity index (χ2n) is 5.95. The van der Waals surface area contributed by atoms with Crippen molar-refractivity contribution in [1.82, 2.24) is 9.71 Å². The van der Waals surface area contributed by atoms with Crippen LogP contribution >= 0.6 is 11.6 Å². The van der Waals surface area contributed by atoms with Gasteiger partial charge in [0, 0.05) is 17.8 Å². The molecule has 1 aliphatic rings. The van der Waals surface area contributed by atoms with Crippen LogP contribution in [0.5, 0.6) is 0 Å². The van der Waals surface area contributed by atoms with Crippen molar-refractivity contribution in [1.29, 1.82) is 0 Å². The summed E-state index contributed by atoms with van der Waals surface area (Å²) in [5, 5.41) is 3.08. The van der Waals surface area contributed by atoms with E-state index in [-0.39, 0.29) is 16.5 Å². The minimum absolute atomic E-state index is 0.0271. The lowest BCUT2D eigenvalue weighted by molar-refractivity contribution is 0.102. The number of anilines is 1. The third kappa shape index (κ3) is 4.56. The Kier molecular flexibility index (Phi) is 5.36. The molecule has 8 heteroatoms. The predicted molar refractivity (Wildman–Crippen MR) is 96.2 cm³/mol. The quantitative estimate of drug-likeness (QED) is 0.834. The summed E-state index contributed by atoms with van der Waals surface area (Å²) in [7, 11) is -3.64. The van der Waals surface area contributed by atoms with Crippen LogP contribution in [0.15, 0.2) is 47.5 Å². The Hall–Kier alpha value is -1.96.